The summed E-state index contributed by atoms with van der Waals surface area (Å²) in [6.45, 7) is 1.53. The Morgan fingerprint density at radius 3 is 2.60 bits per heavy atom. The SMILES string of the molecule is O=C([O-])c1[nH]c2ccccc2c1CC(=O)N1CCCC1. The summed E-state index contributed by atoms with van der Waals surface area (Å²) < 4.78 is 0. The third kappa shape index (κ3) is 2.15. The van der Waals surface area contributed by atoms with E-state index in [1.165, 1.54) is 0 Å². The quantitative estimate of drug-likeness (QED) is 0.892. The Morgan fingerprint density at radius 2 is 1.90 bits per heavy atom. The van der Waals surface area contributed by atoms with Gasteiger partial charge in [-0.2, -0.15) is 0 Å². The van der Waals surface area contributed by atoms with E-state index in [0.29, 0.717) is 5.56 Å². The second kappa shape index (κ2) is 5.00. The van der Waals surface area contributed by atoms with Crippen LogP contribution in [0.3, 0.4) is 0 Å². The molecule has 1 N–H and O–H groups in total. The first-order valence-electron chi connectivity index (χ1n) is 6.75. The Balaban J connectivity index is 1.98. The van der Waals surface area contributed by atoms with Gasteiger partial charge in [0.15, 0.2) is 0 Å². The molecule has 0 bridgehead atoms. The number of hydrogen-bond acceptors (Lipinski definition) is 3. The molecule has 104 valence electrons. The topological polar surface area (TPSA) is 76.2 Å². The second-order valence-corrected chi connectivity index (χ2v) is 5.08. The van der Waals surface area contributed by atoms with Crippen molar-refractivity contribution in [3.05, 3.63) is 35.5 Å². The molecule has 5 nitrogen and oxygen atoms in total. The minimum Gasteiger partial charge on any atom is -0.543 e. The number of carboxylic acids is 1. The summed E-state index contributed by atoms with van der Waals surface area (Å²) in [5, 5.41) is 12.0. The van der Waals surface area contributed by atoms with Gasteiger partial charge in [-0.1, -0.05) is 18.2 Å². The van der Waals surface area contributed by atoms with Gasteiger partial charge in [0.1, 0.15) is 0 Å². The summed E-state index contributed by atoms with van der Waals surface area (Å²) in [5.74, 6) is -1.29. The minimum absolute atomic E-state index is 0.0127. The van der Waals surface area contributed by atoms with Crippen molar-refractivity contribution in [3.63, 3.8) is 0 Å². The van der Waals surface area contributed by atoms with Gasteiger partial charge in [0.05, 0.1) is 18.1 Å². The van der Waals surface area contributed by atoms with Gasteiger partial charge in [0.2, 0.25) is 5.91 Å². The van der Waals surface area contributed by atoms with Gasteiger partial charge in [0, 0.05) is 24.0 Å². The Labute approximate surface area is 116 Å². The molecule has 1 aromatic carbocycles. The Hall–Kier alpha value is -2.30. The molecule has 3 rings (SSSR count). The van der Waals surface area contributed by atoms with E-state index in [9.17, 15) is 14.7 Å². The molecular weight excluding hydrogens is 256 g/mol. The number of hydrogen-bond donors (Lipinski definition) is 1. The van der Waals surface area contributed by atoms with Crippen molar-refractivity contribution in [1.29, 1.82) is 0 Å². The Kier molecular flexibility index (Phi) is 3.18. The highest BCUT2D eigenvalue weighted by Gasteiger charge is 2.21. The van der Waals surface area contributed by atoms with E-state index in [2.05, 4.69) is 4.98 Å². The summed E-state index contributed by atoms with van der Waals surface area (Å²) in [6.07, 6.45) is 2.15. The summed E-state index contributed by atoms with van der Waals surface area (Å²) in [5.41, 5.74) is 1.26. The van der Waals surface area contributed by atoms with E-state index >= 15 is 0 Å². The van der Waals surface area contributed by atoms with Crippen molar-refractivity contribution in [2.45, 2.75) is 19.3 Å². The van der Waals surface area contributed by atoms with Gasteiger partial charge in [-0.05, 0) is 24.5 Å². The van der Waals surface area contributed by atoms with E-state index in [1.807, 2.05) is 18.2 Å². The molecule has 2 aromatic rings. The predicted octanol–water partition coefficient (Wildman–Crippen LogP) is 0.696. The van der Waals surface area contributed by atoms with E-state index < -0.39 is 5.97 Å². The van der Waals surface area contributed by atoms with E-state index in [0.717, 1.165) is 36.8 Å². The van der Waals surface area contributed by atoms with Crippen molar-refractivity contribution >= 4 is 22.8 Å². The first-order chi connectivity index (χ1) is 9.66. The number of aromatic carboxylic acids is 1. The van der Waals surface area contributed by atoms with Gasteiger partial charge in [0.25, 0.3) is 0 Å². The zero-order valence-electron chi connectivity index (χ0n) is 11.0. The fourth-order valence-corrected chi connectivity index (χ4v) is 2.79. The number of fused-ring (bicyclic) bond motifs is 1. The van der Waals surface area contributed by atoms with Crippen LogP contribution < -0.4 is 5.11 Å². The largest absolute Gasteiger partial charge is 0.543 e. The van der Waals surface area contributed by atoms with E-state index in [4.69, 9.17) is 0 Å². The maximum Gasteiger partial charge on any atom is 0.227 e. The first kappa shape index (κ1) is 12.7. The molecule has 20 heavy (non-hydrogen) atoms. The molecule has 1 aliphatic rings. The van der Waals surface area contributed by atoms with Crippen LogP contribution in [0.1, 0.15) is 28.9 Å². The lowest BCUT2D eigenvalue weighted by atomic mass is 10.1. The van der Waals surface area contributed by atoms with Crippen molar-refractivity contribution in [3.8, 4) is 0 Å². The number of carboxylic acid groups (broad SMARTS) is 1. The number of aromatic nitrogens is 1. The molecule has 5 heteroatoms. The van der Waals surface area contributed by atoms with Crippen LogP contribution in [0.2, 0.25) is 0 Å². The third-order valence-corrected chi connectivity index (χ3v) is 3.80. The first-order valence-corrected chi connectivity index (χ1v) is 6.75. The molecule has 0 spiro atoms. The number of likely N-dealkylation sites (tertiary alicyclic amines) is 1. The summed E-state index contributed by atoms with van der Waals surface area (Å²) in [6, 6.07) is 7.28. The fraction of sp³-hybridized carbons (Fsp3) is 0.333. The normalized spacial score (nSPS) is 14.9. The third-order valence-electron chi connectivity index (χ3n) is 3.80. The molecule has 1 aromatic heterocycles. The van der Waals surface area contributed by atoms with Crippen LogP contribution in [0.5, 0.6) is 0 Å². The number of rotatable bonds is 3. The maximum atomic E-state index is 12.2. The van der Waals surface area contributed by atoms with Crippen molar-refractivity contribution < 1.29 is 14.7 Å². The molecule has 0 atom stereocenters. The highest BCUT2D eigenvalue weighted by Crippen LogP contribution is 2.23. The average Bonchev–Trinajstić information content (AvgIpc) is 3.06. The monoisotopic (exact) mass is 271 g/mol. The number of para-hydroxylation sites is 1. The molecule has 0 aliphatic carbocycles. The highest BCUT2D eigenvalue weighted by molar-refractivity contribution is 5.99. The van der Waals surface area contributed by atoms with Crippen molar-refractivity contribution in [2.75, 3.05) is 13.1 Å². The molecule has 1 fully saturated rings. The van der Waals surface area contributed by atoms with Crippen LogP contribution in [0.15, 0.2) is 24.3 Å². The molecular formula is C15H15N2O3-. The van der Waals surface area contributed by atoms with Gasteiger partial charge < -0.3 is 19.8 Å². The molecule has 1 saturated heterocycles. The standard InChI is InChI=1S/C15H16N2O3/c18-13(17-7-3-4-8-17)9-11-10-5-1-2-6-12(10)16-14(11)15(19)20/h1-2,5-6,16H,3-4,7-9H2,(H,19,20)/p-1. The predicted molar refractivity (Wildman–Crippen MR) is 72.1 cm³/mol. The van der Waals surface area contributed by atoms with Gasteiger partial charge in [-0.15, -0.1) is 0 Å². The van der Waals surface area contributed by atoms with Crippen LogP contribution in [-0.4, -0.2) is 34.8 Å². The Bertz CT molecular complexity index is 669. The van der Waals surface area contributed by atoms with Gasteiger partial charge >= 0.3 is 0 Å². The van der Waals surface area contributed by atoms with Crippen LogP contribution >= 0.6 is 0 Å². The van der Waals surface area contributed by atoms with Crippen LogP contribution in [-0.2, 0) is 11.2 Å². The zero-order chi connectivity index (χ0) is 14.1. The lowest BCUT2D eigenvalue weighted by molar-refractivity contribution is -0.255. The lowest BCUT2D eigenvalue weighted by Crippen LogP contribution is -2.30. The summed E-state index contributed by atoms with van der Waals surface area (Å²) in [4.78, 5) is 28.1. The fourth-order valence-electron chi connectivity index (χ4n) is 2.79. The van der Waals surface area contributed by atoms with Crippen LogP contribution in [0.4, 0.5) is 0 Å². The zero-order valence-corrected chi connectivity index (χ0v) is 11.0. The smallest absolute Gasteiger partial charge is 0.227 e. The average molecular weight is 271 g/mol. The lowest BCUT2D eigenvalue weighted by Gasteiger charge is -2.15. The molecule has 0 radical (unpaired) electrons. The van der Waals surface area contributed by atoms with E-state index in [1.54, 1.807) is 11.0 Å². The van der Waals surface area contributed by atoms with Crippen molar-refractivity contribution in [2.24, 2.45) is 0 Å². The highest BCUT2D eigenvalue weighted by atomic mass is 16.4. The number of nitrogens with zero attached hydrogens (tertiary/aromatic N) is 1. The second-order valence-electron chi connectivity index (χ2n) is 5.08. The number of benzene rings is 1. The molecule has 1 aliphatic heterocycles. The number of carbonyl (C=O) groups is 2. The Morgan fingerprint density at radius 1 is 1.20 bits per heavy atom. The number of amides is 1. The number of carbonyl (C=O) groups excluding carboxylic acids is 2. The molecule has 0 saturated carbocycles. The molecule has 0 unspecified atom stereocenters. The number of aromatic amines is 1. The maximum absolute atomic E-state index is 12.2. The molecule has 2 heterocycles. The number of H-pyrrole nitrogens is 1. The van der Waals surface area contributed by atoms with Crippen LogP contribution in [0.25, 0.3) is 10.9 Å². The summed E-state index contributed by atoms with van der Waals surface area (Å²) >= 11 is 0. The summed E-state index contributed by atoms with van der Waals surface area (Å²) in [7, 11) is 0. The van der Waals surface area contributed by atoms with Crippen LogP contribution in [0, 0.1) is 0 Å². The van der Waals surface area contributed by atoms with Gasteiger partial charge in [-0.3, -0.25) is 4.79 Å². The van der Waals surface area contributed by atoms with Crippen molar-refractivity contribution in [1.82, 2.24) is 9.88 Å². The minimum atomic E-state index is -1.27. The number of nitrogens with one attached hydrogen (secondary N) is 1. The molecule has 1 amide bonds. The van der Waals surface area contributed by atoms with E-state index in [-0.39, 0.29) is 18.0 Å². The van der Waals surface area contributed by atoms with Gasteiger partial charge in [-0.25, -0.2) is 0 Å².